The molecule has 0 unspecified atom stereocenters. The Balaban J connectivity index is 1.68. The van der Waals surface area contributed by atoms with Crippen LogP contribution in [0.3, 0.4) is 0 Å². The van der Waals surface area contributed by atoms with Crippen LogP contribution in [0.1, 0.15) is 29.3 Å². The van der Waals surface area contributed by atoms with Gasteiger partial charge in [0.25, 0.3) is 5.91 Å². The Labute approximate surface area is 140 Å². The largest absolute Gasteiger partial charge is 0.295 e. The highest BCUT2D eigenvalue weighted by Crippen LogP contribution is 2.28. The summed E-state index contributed by atoms with van der Waals surface area (Å²) < 4.78 is 0. The smallest absolute Gasteiger partial charge is 0.276 e. The summed E-state index contributed by atoms with van der Waals surface area (Å²) in [6.45, 7) is 4.25. The highest BCUT2D eigenvalue weighted by Gasteiger charge is 2.15. The molecule has 0 aliphatic heterocycles. The molecule has 0 saturated carbocycles. The maximum absolute atomic E-state index is 12.2. The Hall–Kier alpha value is -1.64. The highest BCUT2D eigenvalue weighted by molar-refractivity contribution is 7.20. The van der Waals surface area contributed by atoms with E-state index in [0.29, 0.717) is 16.7 Å². The van der Waals surface area contributed by atoms with Crippen LogP contribution in [0.25, 0.3) is 9.88 Å². The van der Waals surface area contributed by atoms with Crippen LogP contribution < -0.4 is 5.32 Å². The zero-order valence-electron chi connectivity index (χ0n) is 12.1. The normalized spacial score (nSPS) is 11.0. The van der Waals surface area contributed by atoms with Crippen LogP contribution in [0.15, 0.2) is 22.9 Å². The first-order chi connectivity index (χ1) is 10.6. The number of aromatic nitrogens is 3. The number of nitrogens with one attached hydrogen (secondary N) is 1. The van der Waals surface area contributed by atoms with E-state index in [1.54, 1.807) is 16.7 Å². The molecule has 0 saturated heterocycles. The first-order valence-electron chi connectivity index (χ1n) is 6.75. The molecule has 0 spiro atoms. The van der Waals surface area contributed by atoms with Crippen LogP contribution in [0.2, 0.25) is 0 Å². The predicted molar refractivity (Wildman–Crippen MR) is 91.8 cm³/mol. The average molecular weight is 350 g/mol. The third kappa shape index (κ3) is 3.57. The van der Waals surface area contributed by atoms with Crippen LogP contribution in [0.4, 0.5) is 5.13 Å². The van der Waals surface area contributed by atoms with Crippen molar-refractivity contribution in [3.05, 3.63) is 33.6 Å². The van der Waals surface area contributed by atoms with Gasteiger partial charge >= 0.3 is 0 Å². The molecular weight excluding hydrogens is 336 g/mol. The third-order valence-electron chi connectivity index (χ3n) is 2.74. The minimum absolute atomic E-state index is 0.244. The van der Waals surface area contributed by atoms with Gasteiger partial charge in [-0.15, -0.1) is 32.9 Å². The van der Waals surface area contributed by atoms with Crippen molar-refractivity contribution in [2.75, 3.05) is 5.32 Å². The van der Waals surface area contributed by atoms with Gasteiger partial charge in [-0.3, -0.25) is 10.1 Å². The molecule has 1 N–H and O–H groups in total. The molecule has 22 heavy (non-hydrogen) atoms. The summed E-state index contributed by atoms with van der Waals surface area (Å²) in [6, 6.07) is 3.97. The number of thiophene rings is 1. The fourth-order valence-corrected chi connectivity index (χ4v) is 4.35. The summed E-state index contributed by atoms with van der Waals surface area (Å²) in [4.78, 5) is 17.6. The number of hydrogen-bond donors (Lipinski definition) is 1. The molecule has 0 aliphatic rings. The van der Waals surface area contributed by atoms with E-state index in [4.69, 9.17) is 0 Å². The van der Waals surface area contributed by atoms with Crippen LogP contribution >= 0.6 is 34.0 Å². The van der Waals surface area contributed by atoms with Gasteiger partial charge in [0.15, 0.2) is 0 Å². The number of hydrogen-bond acceptors (Lipinski definition) is 7. The minimum Gasteiger partial charge on any atom is -0.295 e. The van der Waals surface area contributed by atoms with E-state index >= 15 is 0 Å². The van der Waals surface area contributed by atoms with Gasteiger partial charge in [0.2, 0.25) is 5.13 Å². The predicted octanol–water partition coefficient (Wildman–Crippen LogP) is 4.17. The number of rotatable bonds is 5. The molecule has 1 amide bonds. The van der Waals surface area contributed by atoms with Gasteiger partial charge in [-0.1, -0.05) is 31.3 Å². The quantitative estimate of drug-likeness (QED) is 0.750. The molecular formula is C14H14N4OS3. The molecule has 0 fully saturated rings. The second kappa shape index (κ2) is 6.64. The third-order valence-corrected chi connectivity index (χ3v) is 5.48. The summed E-state index contributed by atoms with van der Waals surface area (Å²) in [7, 11) is 0. The Morgan fingerprint density at radius 1 is 1.32 bits per heavy atom. The molecule has 3 aromatic heterocycles. The summed E-state index contributed by atoms with van der Waals surface area (Å²) >= 11 is 4.49. The maximum atomic E-state index is 12.2. The molecule has 0 aromatic carbocycles. The monoisotopic (exact) mass is 350 g/mol. The lowest BCUT2D eigenvalue weighted by Gasteiger charge is -1.98. The lowest BCUT2D eigenvalue weighted by atomic mass is 10.1. The zero-order chi connectivity index (χ0) is 15.5. The van der Waals surface area contributed by atoms with Gasteiger partial charge in [0.1, 0.15) is 15.7 Å². The molecule has 114 valence electrons. The van der Waals surface area contributed by atoms with Crippen molar-refractivity contribution in [2.45, 2.75) is 20.3 Å². The standard InChI is InChI=1S/C14H14N4OS3/c1-8(2)6-11-17-18-14(22-11)16-12(19)9-7-21-13(15-9)10-4-3-5-20-10/h3-5,7-8H,6H2,1-2H3,(H,16,18,19). The fraction of sp³-hybridized carbons (Fsp3) is 0.286. The van der Waals surface area contributed by atoms with E-state index in [-0.39, 0.29) is 5.91 Å². The van der Waals surface area contributed by atoms with Crippen molar-refractivity contribution in [1.29, 1.82) is 0 Å². The summed E-state index contributed by atoms with van der Waals surface area (Å²) in [6.07, 6.45) is 0.868. The van der Waals surface area contributed by atoms with Gasteiger partial charge in [-0.25, -0.2) is 4.98 Å². The van der Waals surface area contributed by atoms with E-state index in [1.165, 1.54) is 22.7 Å². The molecule has 3 rings (SSSR count). The first-order valence-corrected chi connectivity index (χ1v) is 9.32. The Morgan fingerprint density at radius 2 is 2.18 bits per heavy atom. The SMILES string of the molecule is CC(C)Cc1nnc(NC(=O)c2csc(-c3cccs3)n2)s1. The molecule has 0 aliphatic carbocycles. The number of amides is 1. The lowest BCUT2D eigenvalue weighted by Crippen LogP contribution is -2.12. The lowest BCUT2D eigenvalue weighted by molar-refractivity contribution is 0.102. The van der Waals surface area contributed by atoms with E-state index in [0.717, 1.165) is 21.3 Å². The highest BCUT2D eigenvalue weighted by atomic mass is 32.1. The van der Waals surface area contributed by atoms with Crippen molar-refractivity contribution in [2.24, 2.45) is 5.92 Å². The van der Waals surface area contributed by atoms with Crippen LogP contribution in [-0.4, -0.2) is 21.1 Å². The molecule has 0 bridgehead atoms. The van der Waals surface area contributed by atoms with Gasteiger partial charge in [-0.2, -0.15) is 0 Å². The van der Waals surface area contributed by atoms with E-state index < -0.39 is 0 Å². The molecule has 0 atom stereocenters. The first kappa shape index (κ1) is 15.3. The number of nitrogens with zero attached hydrogens (tertiary/aromatic N) is 3. The van der Waals surface area contributed by atoms with Gasteiger partial charge in [0, 0.05) is 11.8 Å². The van der Waals surface area contributed by atoms with E-state index in [1.807, 2.05) is 17.5 Å². The summed E-state index contributed by atoms with van der Waals surface area (Å²) in [5, 5.41) is 16.9. The van der Waals surface area contributed by atoms with E-state index in [9.17, 15) is 4.79 Å². The fourth-order valence-electron chi connectivity index (χ4n) is 1.79. The second-order valence-corrected chi connectivity index (χ2v) is 7.94. The molecule has 8 heteroatoms. The molecule has 0 radical (unpaired) electrons. The number of thiazole rings is 1. The van der Waals surface area contributed by atoms with Crippen molar-refractivity contribution >= 4 is 45.0 Å². The Kier molecular flexibility index (Phi) is 4.60. The van der Waals surface area contributed by atoms with Crippen molar-refractivity contribution < 1.29 is 4.79 Å². The van der Waals surface area contributed by atoms with Crippen LogP contribution in [-0.2, 0) is 6.42 Å². The maximum Gasteiger partial charge on any atom is 0.276 e. The number of carbonyl (C=O) groups excluding carboxylic acids is 1. The number of carbonyl (C=O) groups is 1. The topological polar surface area (TPSA) is 67.8 Å². The number of anilines is 1. The molecule has 3 aromatic rings. The van der Waals surface area contributed by atoms with Gasteiger partial charge < -0.3 is 0 Å². The van der Waals surface area contributed by atoms with Gasteiger partial charge in [0.05, 0.1) is 4.88 Å². The Morgan fingerprint density at radius 3 is 2.91 bits per heavy atom. The van der Waals surface area contributed by atoms with Crippen molar-refractivity contribution in [3.8, 4) is 9.88 Å². The van der Waals surface area contributed by atoms with Crippen molar-refractivity contribution in [3.63, 3.8) is 0 Å². The summed E-state index contributed by atoms with van der Waals surface area (Å²) in [5.74, 6) is 0.273. The second-order valence-electron chi connectivity index (χ2n) is 5.07. The van der Waals surface area contributed by atoms with Crippen LogP contribution in [0.5, 0.6) is 0 Å². The minimum atomic E-state index is -0.244. The summed E-state index contributed by atoms with van der Waals surface area (Å²) in [5.41, 5.74) is 0.411. The molecule has 5 nitrogen and oxygen atoms in total. The average Bonchev–Trinajstić information content (AvgIpc) is 3.19. The van der Waals surface area contributed by atoms with E-state index in [2.05, 4.69) is 34.3 Å². The molecule has 3 heterocycles. The van der Waals surface area contributed by atoms with Crippen LogP contribution in [0, 0.1) is 5.92 Å². The Bertz CT molecular complexity index is 761. The van der Waals surface area contributed by atoms with Gasteiger partial charge in [-0.05, 0) is 17.4 Å². The van der Waals surface area contributed by atoms with Crippen molar-refractivity contribution in [1.82, 2.24) is 15.2 Å². The zero-order valence-corrected chi connectivity index (χ0v) is 14.5.